The maximum absolute atomic E-state index is 11.8. The third-order valence-electron chi connectivity index (χ3n) is 5.09. The van der Waals surface area contributed by atoms with Gasteiger partial charge in [-0.05, 0) is 60.2 Å². The first-order chi connectivity index (χ1) is 16.0. The molecule has 0 aliphatic rings. The fourth-order valence-corrected chi connectivity index (χ4v) is 4.06. The predicted octanol–water partition coefficient (Wildman–Crippen LogP) is 6.35. The Morgan fingerprint density at radius 1 is 0.879 bits per heavy atom. The molecule has 33 heavy (non-hydrogen) atoms. The minimum atomic E-state index is 0.0325. The van der Waals surface area contributed by atoms with E-state index in [9.17, 15) is 4.79 Å². The van der Waals surface area contributed by atoms with Gasteiger partial charge in [0.05, 0.1) is 19.9 Å². The lowest BCUT2D eigenvalue weighted by Gasteiger charge is -2.26. The SMILES string of the molecule is CCSC(=Nc1cccc(C(C)=O)c1)N(Cc1ccc(OC)cc1)Cc1ccc(OC)cc1. The molecule has 0 spiro atoms. The predicted molar refractivity (Wildman–Crippen MR) is 137 cm³/mol. The van der Waals surface area contributed by atoms with E-state index in [1.807, 2.05) is 48.5 Å². The van der Waals surface area contributed by atoms with Crippen LogP contribution in [0.5, 0.6) is 11.5 Å². The molecule has 3 rings (SSSR count). The van der Waals surface area contributed by atoms with Crippen LogP contribution in [0, 0.1) is 0 Å². The summed E-state index contributed by atoms with van der Waals surface area (Å²) in [5.74, 6) is 2.58. The molecule has 0 atom stereocenters. The van der Waals surface area contributed by atoms with E-state index >= 15 is 0 Å². The summed E-state index contributed by atoms with van der Waals surface area (Å²) in [5.41, 5.74) is 3.75. The number of amidine groups is 1. The maximum Gasteiger partial charge on any atom is 0.164 e. The van der Waals surface area contributed by atoms with Crippen LogP contribution in [0.25, 0.3) is 0 Å². The van der Waals surface area contributed by atoms with E-state index in [1.54, 1.807) is 32.9 Å². The summed E-state index contributed by atoms with van der Waals surface area (Å²) < 4.78 is 10.6. The molecule has 0 saturated carbocycles. The Morgan fingerprint density at radius 3 is 1.88 bits per heavy atom. The Hall–Kier alpha value is -3.25. The number of methoxy groups -OCH3 is 2. The number of ether oxygens (including phenoxy) is 2. The molecule has 0 unspecified atom stereocenters. The molecule has 0 amide bonds. The van der Waals surface area contributed by atoms with Crippen molar-refractivity contribution in [2.75, 3.05) is 20.0 Å². The molecule has 0 saturated heterocycles. The molecular formula is C27H30N2O3S. The van der Waals surface area contributed by atoms with E-state index in [0.29, 0.717) is 18.7 Å². The van der Waals surface area contributed by atoms with Crippen LogP contribution in [0.15, 0.2) is 77.8 Å². The van der Waals surface area contributed by atoms with Crippen molar-refractivity contribution in [2.24, 2.45) is 4.99 Å². The fourth-order valence-electron chi connectivity index (χ4n) is 3.32. The van der Waals surface area contributed by atoms with Gasteiger partial charge in [0.25, 0.3) is 0 Å². The summed E-state index contributed by atoms with van der Waals surface area (Å²) in [4.78, 5) is 19.1. The third-order valence-corrected chi connectivity index (χ3v) is 5.98. The number of Topliss-reactive ketones (excluding diaryl/α,β-unsaturated/α-hetero) is 1. The maximum atomic E-state index is 11.8. The minimum Gasteiger partial charge on any atom is -0.497 e. The number of ketones is 1. The van der Waals surface area contributed by atoms with Crippen molar-refractivity contribution in [3.63, 3.8) is 0 Å². The van der Waals surface area contributed by atoms with E-state index in [0.717, 1.165) is 39.2 Å². The van der Waals surface area contributed by atoms with Crippen LogP contribution in [0.1, 0.15) is 35.3 Å². The molecule has 172 valence electrons. The third kappa shape index (κ3) is 7.12. The highest BCUT2D eigenvalue weighted by molar-refractivity contribution is 8.13. The van der Waals surface area contributed by atoms with Crippen molar-refractivity contribution in [1.29, 1.82) is 0 Å². The van der Waals surface area contributed by atoms with Gasteiger partial charge in [-0.15, -0.1) is 0 Å². The highest BCUT2D eigenvalue weighted by Crippen LogP contribution is 2.24. The van der Waals surface area contributed by atoms with Gasteiger partial charge in [-0.2, -0.15) is 0 Å². The zero-order valence-electron chi connectivity index (χ0n) is 19.6. The zero-order valence-corrected chi connectivity index (χ0v) is 20.4. The molecule has 3 aromatic rings. The number of carbonyl (C=O) groups excluding carboxylic acids is 1. The van der Waals surface area contributed by atoms with Crippen molar-refractivity contribution >= 4 is 28.4 Å². The van der Waals surface area contributed by atoms with Crippen molar-refractivity contribution in [2.45, 2.75) is 26.9 Å². The minimum absolute atomic E-state index is 0.0325. The number of thioether (sulfide) groups is 1. The first-order valence-electron chi connectivity index (χ1n) is 10.9. The Kier molecular flexibility index (Phi) is 8.95. The average molecular weight is 463 g/mol. The van der Waals surface area contributed by atoms with Gasteiger partial charge in [0.15, 0.2) is 11.0 Å². The molecule has 0 aliphatic heterocycles. The second kappa shape index (κ2) is 12.1. The van der Waals surface area contributed by atoms with Crippen LogP contribution >= 0.6 is 11.8 Å². The Bertz CT molecular complexity index is 1030. The number of nitrogens with zero attached hydrogens (tertiary/aromatic N) is 2. The second-order valence-corrected chi connectivity index (χ2v) is 8.72. The molecule has 0 heterocycles. The second-order valence-electron chi connectivity index (χ2n) is 7.49. The molecule has 6 heteroatoms. The highest BCUT2D eigenvalue weighted by atomic mass is 32.2. The molecule has 0 bridgehead atoms. The summed E-state index contributed by atoms with van der Waals surface area (Å²) in [6, 6.07) is 23.7. The topological polar surface area (TPSA) is 51.1 Å². The summed E-state index contributed by atoms with van der Waals surface area (Å²) in [5, 5.41) is 0.907. The van der Waals surface area contributed by atoms with E-state index in [2.05, 4.69) is 36.1 Å². The van der Waals surface area contributed by atoms with Gasteiger partial charge in [0.1, 0.15) is 11.5 Å². The van der Waals surface area contributed by atoms with Gasteiger partial charge in [-0.25, -0.2) is 4.99 Å². The molecule has 0 fully saturated rings. The average Bonchev–Trinajstić information content (AvgIpc) is 2.84. The monoisotopic (exact) mass is 462 g/mol. The molecule has 3 aromatic carbocycles. The molecule has 5 nitrogen and oxygen atoms in total. The molecule has 0 aliphatic carbocycles. The van der Waals surface area contributed by atoms with Crippen LogP contribution in [-0.4, -0.2) is 35.8 Å². The van der Waals surface area contributed by atoms with Gasteiger partial charge in [-0.3, -0.25) is 4.79 Å². The molecule has 0 aromatic heterocycles. The van der Waals surface area contributed by atoms with Gasteiger partial charge >= 0.3 is 0 Å². The van der Waals surface area contributed by atoms with Gasteiger partial charge in [-0.1, -0.05) is 55.1 Å². The zero-order chi connectivity index (χ0) is 23.6. The lowest BCUT2D eigenvalue weighted by molar-refractivity contribution is 0.101. The first kappa shape index (κ1) is 24.4. The standard InChI is InChI=1S/C27H30N2O3S/c1-5-33-27(28-24-8-6-7-23(17-24)20(2)30)29(18-21-9-13-25(31-3)14-10-21)19-22-11-15-26(32-4)16-12-22/h6-17H,5,18-19H2,1-4H3. The Balaban J connectivity index is 1.96. The summed E-state index contributed by atoms with van der Waals surface area (Å²) >= 11 is 1.69. The highest BCUT2D eigenvalue weighted by Gasteiger charge is 2.15. The van der Waals surface area contributed by atoms with E-state index in [4.69, 9.17) is 14.5 Å². The number of aliphatic imine (C=N–C) groups is 1. The van der Waals surface area contributed by atoms with Crippen LogP contribution in [0.4, 0.5) is 5.69 Å². The van der Waals surface area contributed by atoms with Crippen molar-refractivity contribution in [1.82, 2.24) is 4.90 Å². The Morgan fingerprint density at radius 2 is 1.42 bits per heavy atom. The normalized spacial score (nSPS) is 11.2. The molecular weight excluding hydrogens is 432 g/mol. The number of rotatable bonds is 9. The smallest absolute Gasteiger partial charge is 0.164 e. The lowest BCUT2D eigenvalue weighted by Crippen LogP contribution is -2.28. The molecule has 0 radical (unpaired) electrons. The van der Waals surface area contributed by atoms with Gasteiger partial charge < -0.3 is 14.4 Å². The van der Waals surface area contributed by atoms with Crippen LogP contribution < -0.4 is 9.47 Å². The first-order valence-corrected chi connectivity index (χ1v) is 11.8. The van der Waals surface area contributed by atoms with E-state index < -0.39 is 0 Å². The number of hydrogen-bond acceptors (Lipinski definition) is 5. The van der Waals surface area contributed by atoms with Gasteiger partial charge in [0, 0.05) is 18.7 Å². The van der Waals surface area contributed by atoms with Crippen LogP contribution in [0.2, 0.25) is 0 Å². The van der Waals surface area contributed by atoms with Gasteiger partial charge in [0.2, 0.25) is 0 Å². The number of carbonyl (C=O) groups is 1. The fraction of sp³-hybridized carbons (Fsp3) is 0.259. The quantitative estimate of drug-likeness (QED) is 0.211. The summed E-state index contributed by atoms with van der Waals surface area (Å²) in [7, 11) is 3.34. The van der Waals surface area contributed by atoms with Crippen molar-refractivity contribution in [3.05, 3.63) is 89.5 Å². The number of hydrogen-bond donors (Lipinski definition) is 0. The van der Waals surface area contributed by atoms with E-state index in [1.165, 1.54) is 0 Å². The largest absolute Gasteiger partial charge is 0.497 e. The Labute approximate surface area is 200 Å². The summed E-state index contributed by atoms with van der Waals surface area (Å²) in [6.45, 7) is 5.07. The number of benzene rings is 3. The summed E-state index contributed by atoms with van der Waals surface area (Å²) in [6.07, 6.45) is 0. The van der Waals surface area contributed by atoms with Crippen LogP contribution in [0.3, 0.4) is 0 Å². The van der Waals surface area contributed by atoms with Crippen molar-refractivity contribution < 1.29 is 14.3 Å². The van der Waals surface area contributed by atoms with Crippen molar-refractivity contribution in [3.8, 4) is 11.5 Å². The lowest BCUT2D eigenvalue weighted by atomic mass is 10.1. The van der Waals surface area contributed by atoms with Crippen LogP contribution in [-0.2, 0) is 13.1 Å². The molecule has 0 N–H and O–H groups in total. The van der Waals surface area contributed by atoms with E-state index in [-0.39, 0.29) is 5.78 Å².